The molecule has 6 nitrogen and oxygen atoms in total. The normalized spacial score (nSPS) is 13.4. The summed E-state index contributed by atoms with van der Waals surface area (Å²) in [7, 11) is -3.25. The predicted molar refractivity (Wildman–Crippen MR) is 138 cm³/mol. The number of nitrogens with one attached hydrogen (secondary N) is 2. The zero-order valence-corrected chi connectivity index (χ0v) is 21.8. The van der Waals surface area contributed by atoms with Crippen LogP contribution in [0.4, 0.5) is 8.78 Å². The first-order valence-electron chi connectivity index (χ1n) is 11.5. The van der Waals surface area contributed by atoms with Crippen LogP contribution >= 0.6 is 11.3 Å². The molecule has 0 saturated carbocycles. The summed E-state index contributed by atoms with van der Waals surface area (Å²) >= 11 is 1.04. The molecule has 36 heavy (non-hydrogen) atoms. The number of aliphatic hydroxyl groups excluding tert-OH is 1. The maximum atomic E-state index is 13.7. The lowest BCUT2D eigenvalue weighted by atomic mass is 10.0. The number of carbonyl (C=O) groups is 1. The summed E-state index contributed by atoms with van der Waals surface area (Å²) in [5.41, 5.74) is 2.53. The molecule has 3 rings (SSSR count). The Morgan fingerprint density at radius 1 is 1.03 bits per heavy atom. The molecule has 194 valence electrons. The van der Waals surface area contributed by atoms with Crippen molar-refractivity contribution in [3.63, 3.8) is 0 Å². The molecule has 10 heteroatoms. The van der Waals surface area contributed by atoms with Crippen molar-refractivity contribution in [1.82, 2.24) is 10.6 Å². The van der Waals surface area contributed by atoms with Crippen molar-refractivity contribution in [3.05, 3.63) is 92.7 Å². The van der Waals surface area contributed by atoms with E-state index in [2.05, 4.69) is 23.6 Å². The van der Waals surface area contributed by atoms with Crippen LogP contribution in [0.25, 0.3) is 0 Å². The number of amides is 1. The molecule has 0 aliphatic rings. The number of sulfone groups is 1. The quantitative estimate of drug-likeness (QED) is 0.329. The van der Waals surface area contributed by atoms with Gasteiger partial charge in [-0.1, -0.05) is 31.2 Å². The number of benzene rings is 2. The third-order valence-electron chi connectivity index (χ3n) is 5.53. The van der Waals surface area contributed by atoms with E-state index in [0.717, 1.165) is 47.8 Å². The molecule has 1 heterocycles. The Labute approximate surface area is 214 Å². The van der Waals surface area contributed by atoms with Gasteiger partial charge in [0.05, 0.1) is 22.8 Å². The van der Waals surface area contributed by atoms with Crippen LogP contribution in [-0.2, 0) is 35.0 Å². The van der Waals surface area contributed by atoms with E-state index in [1.807, 2.05) is 18.2 Å². The van der Waals surface area contributed by atoms with Crippen LogP contribution < -0.4 is 10.6 Å². The van der Waals surface area contributed by atoms with Crippen molar-refractivity contribution in [2.45, 2.75) is 44.2 Å². The van der Waals surface area contributed by atoms with Gasteiger partial charge in [0.15, 0.2) is 9.84 Å². The third-order valence-corrected chi connectivity index (χ3v) is 7.63. The maximum absolute atomic E-state index is 13.7. The SMILES string of the molecule is CCc1cccc(CNCC(O)C(Cc2cc(F)cc(F)c2)NC(=O)c2ccc(CS(C)(=O)=O)s2)c1. The smallest absolute Gasteiger partial charge is 0.261 e. The third kappa shape index (κ3) is 8.77. The highest BCUT2D eigenvalue weighted by molar-refractivity contribution is 7.90. The molecule has 0 aliphatic heterocycles. The summed E-state index contributed by atoms with van der Waals surface area (Å²) in [6, 6.07) is 13.4. The van der Waals surface area contributed by atoms with E-state index in [1.54, 1.807) is 6.07 Å². The van der Waals surface area contributed by atoms with Crippen molar-refractivity contribution in [2.24, 2.45) is 0 Å². The standard InChI is InChI=1S/C26H30F2N2O4S2/c1-3-17-5-4-6-18(9-17)14-29-15-24(31)23(12-19-10-20(27)13-21(28)11-19)30-26(32)25-8-7-22(35-25)16-36(2,33)34/h4-11,13,23-24,29,31H,3,12,14-16H2,1-2H3,(H,30,32). The van der Waals surface area contributed by atoms with Gasteiger partial charge in [-0.25, -0.2) is 17.2 Å². The van der Waals surface area contributed by atoms with Crippen molar-refractivity contribution < 1.29 is 27.1 Å². The fraction of sp³-hybridized carbons (Fsp3) is 0.346. The number of aryl methyl sites for hydroxylation is 1. The molecule has 3 aromatic rings. The van der Waals surface area contributed by atoms with Crippen LogP contribution in [0.15, 0.2) is 54.6 Å². The van der Waals surface area contributed by atoms with Crippen LogP contribution in [0.3, 0.4) is 0 Å². The molecular formula is C26H30F2N2O4S2. The lowest BCUT2D eigenvalue weighted by Crippen LogP contribution is -2.48. The van der Waals surface area contributed by atoms with Gasteiger partial charge >= 0.3 is 0 Å². The number of hydrogen-bond donors (Lipinski definition) is 3. The zero-order chi connectivity index (χ0) is 26.3. The molecule has 0 radical (unpaired) electrons. The van der Waals surface area contributed by atoms with Gasteiger partial charge < -0.3 is 15.7 Å². The number of halogens is 2. The van der Waals surface area contributed by atoms with E-state index in [9.17, 15) is 27.1 Å². The Morgan fingerprint density at radius 2 is 1.72 bits per heavy atom. The Kier molecular flexibility index (Phi) is 9.72. The molecule has 0 fully saturated rings. The Balaban J connectivity index is 1.71. The van der Waals surface area contributed by atoms with Crippen LogP contribution in [0.2, 0.25) is 0 Å². The molecule has 0 bridgehead atoms. The van der Waals surface area contributed by atoms with Gasteiger partial charge in [-0.3, -0.25) is 4.79 Å². The second-order valence-electron chi connectivity index (χ2n) is 8.77. The molecule has 1 aromatic heterocycles. The van der Waals surface area contributed by atoms with E-state index in [1.165, 1.54) is 11.6 Å². The lowest BCUT2D eigenvalue weighted by Gasteiger charge is -2.25. The number of rotatable bonds is 12. The summed E-state index contributed by atoms with van der Waals surface area (Å²) in [5, 5.41) is 16.8. The summed E-state index contributed by atoms with van der Waals surface area (Å²) < 4.78 is 50.6. The molecule has 2 unspecified atom stereocenters. The summed E-state index contributed by atoms with van der Waals surface area (Å²) in [6.45, 7) is 2.69. The summed E-state index contributed by atoms with van der Waals surface area (Å²) in [5.74, 6) is -2.18. The van der Waals surface area contributed by atoms with Crippen LogP contribution in [-0.4, -0.2) is 44.4 Å². The van der Waals surface area contributed by atoms with E-state index >= 15 is 0 Å². The molecule has 2 aromatic carbocycles. The van der Waals surface area contributed by atoms with Gasteiger partial charge in [-0.15, -0.1) is 11.3 Å². The van der Waals surface area contributed by atoms with Crippen molar-refractivity contribution >= 4 is 27.1 Å². The number of hydrogen-bond acceptors (Lipinski definition) is 6. The van der Waals surface area contributed by atoms with Crippen molar-refractivity contribution in [2.75, 3.05) is 12.8 Å². The minimum Gasteiger partial charge on any atom is -0.390 e. The predicted octanol–water partition coefficient (Wildman–Crippen LogP) is 3.63. The van der Waals surface area contributed by atoms with Gasteiger partial charge in [0.2, 0.25) is 0 Å². The first kappa shape index (κ1) is 27.9. The first-order chi connectivity index (χ1) is 17.0. The molecule has 2 atom stereocenters. The molecule has 0 aliphatic carbocycles. The average Bonchev–Trinajstić information content (AvgIpc) is 3.25. The minimum absolute atomic E-state index is 0.00381. The Morgan fingerprint density at radius 3 is 2.39 bits per heavy atom. The van der Waals surface area contributed by atoms with Crippen LogP contribution in [0, 0.1) is 11.6 Å². The fourth-order valence-corrected chi connectivity index (χ4v) is 6.00. The van der Waals surface area contributed by atoms with Gasteiger partial charge in [-0.05, 0) is 53.8 Å². The van der Waals surface area contributed by atoms with Gasteiger partial charge in [-0.2, -0.15) is 0 Å². The van der Waals surface area contributed by atoms with Crippen molar-refractivity contribution in [3.8, 4) is 0 Å². The zero-order valence-electron chi connectivity index (χ0n) is 20.1. The van der Waals surface area contributed by atoms with E-state index in [4.69, 9.17) is 0 Å². The Hall–Kier alpha value is -2.66. The highest BCUT2D eigenvalue weighted by atomic mass is 32.2. The highest BCUT2D eigenvalue weighted by Crippen LogP contribution is 2.20. The van der Waals surface area contributed by atoms with Gasteiger partial charge in [0, 0.05) is 30.3 Å². The maximum Gasteiger partial charge on any atom is 0.261 e. The number of aliphatic hydroxyl groups is 1. The lowest BCUT2D eigenvalue weighted by molar-refractivity contribution is 0.0833. The second kappa shape index (κ2) is 12.5. The fourth-order valence-electron chi connectivity index (χ4n) is 3.81. The van der Waals surface area contributed by atoms with E-state index in [-0.39, 0.29) is 29.2 Å². The first-order valence-corrected chi connectivity index (χ1v) is 14.4. The molecule has 1 amide bonds. The van der Waals surface area contributed by atoms with Crippen LogP contribution in [0.1, 0.15) is 38.2 Å². The summed E-state index contributed by atoms with van der Waals surface area (Å²) in [6.07, 6.45) is 0.951. The monoisotopic (exact) mass is 536 g/mol. The average molecular weight is 537 g/mol. The van der Waals surface area contributed by atoms with Crippen molar-refractivity contribution in [1.29, 1.82) is 0 Å². The van der Waals surface area contributed by atoms with E-state index < -0.39 is 39.5 Å². The molecule has 0 saturated heterocycles. The molecule has 3 N–H and O–H groups in total. The number of carbonyl (C=O) groups excluding carboxylic acids is 1. The number of thiophene rings is 1. The molecular weight excluding hydrogens is 506 g/mol. The van der Waals surface area contributed by atoms with Gasteiger partial charge in [0.25, 0.3) is 5.91 Å². The van der Waals surface area contributed by atoms with Crippen LogP contribution in [0.5, 0.6) is 0 Å². The second-order valence-corrected chi connectivity index (χ2v) is 12.1. The Bertz CT molecular complexity index is 1270. The highest BCUT2D eigenvalue weighted by Gasteiger charge is 2.24. The largest absolute Gasteiger partial charge is 0.390 e. The molecule has 0 spiro atoms. The summed E-state index contributed by atoms with van der Waals surface area (Å²) in [4.78, 5) is 13.7. The van der Waals surface area contributed by atoms with Gasteiger partial charge in [0.1, 0.15) is 11.6 Å². The van der Waals surface area contributed by atoms with E-state index in [0.29, 0.717) is 11.4 Å². The minimum atomic E-state index is -3.25. The topological polar surface area (TPSA) is 95.5 Å².